The molecule has 0 aliphatic heterocycles. The van der Waals surface area contributed by atoms with Gasteiger partial charge in [0.25, 0.3) is 0 Å². The molecule has 28 heavy (non-hydrogen) atoms. The summed E-state index contributed by atoms with van der Waals surface area (Å²) in [5, 5.41) is 4.35. The molecule has 156 valence electrons. The van der Waals surface area contributed by atoms with Crippen LogP contribution in [0.3, 0.4) is 0 Å². The second-order valence-corrected chi connectivity index (χ2v) is 9.38. The van der Waals surface area contributed by atoms with Gasteiger partial charge in [-0.2, -0.15) is 5.10 Å². The fourth-order valence-corrected chi connectivity index (χ4v) is 4.40. The molecule has 0 aromatic heterocycles. The Balaban J connectivity index is 2.48. The van der Waals surface area contributed by atoms with Gasteiger partial charge >= 0.3 is 0 Å². The summed E-state index contributed by atoms with van der Waals surface area (Å²) in [7, 11) is 1.81. The molecule has 0 aromatic carbocycles. The molecule has 0 saturated heterocycles. The highest BCUT2D eigenvalue weighted by Crippen LogP contribution is 2.30. The van der Waals surface area contributed by atoms with Gasteiger partial charge < -0.3 is 0 Å². The number of hydrogen-bond donors (Lipinski definition) is 5. The van der Waals surface area contributed by atoms with Crippen molar-refractivity contribution in [3.05, 3.63) is 55.6 Å². The van der Waals surface area contributed by atoms with Crippen LogP contribution in [0, 0.1) is 0 Å². The van der Waals surface area contributed by atoms with Crippen LogP contribution in [-0.4, -0.2) is 18.5 Å². The van der Waals surface area contributed by atoms with Crippen LogP contribution in [0.4, 0.5) is 0 Å². The third-order valence-electron chi connectivity index (χ3n) is 4.08. The number of rotatable bonds is 12. The molecule has 1 aliphatic rings. The van der Waals surface area contributed by atoms with Crippen molar-refractivity contribution < 1.29 is 0 Å². The lowest BCUT2D eigenvalue weighted by Crippen LogP contribution is -2.23. The number of nitrogens with one attached hydrogen (secondary N) is 2. The lowest BCUT2D eigenvalue weighted by atomic mass is 10.0. The maximum atomic E-state index is 4.63. The van der Waals surface area contributed by atoms with Crippen LogP contribution < -0.4 is 11.0 Å². The summed E-state index contributed by atoms with van der Waals surface area (Å²) in [5.74, 6) is 0.915. The molecular weight excluding hydrogens is 423 g/mol. The summed E-state index contributed by atoms with van der Waals surface area (Å²) < 4.78 is 0. The van der Waals surface area contributed by atoms with E-state index in [4.69, 9.17) is 0 Å². The lowest BCUT2D eigenvalue weighted by Gasteiger charge is -2.15. The highest BCUT2D eigenvalue weighted by molar-refractivity contribution is 8.03. The van der Waals surface area contributed by atoms with Gasteiger partial charge in [-0.1, -0.05) is 30.4 Å². The van der Waals surface area contributed by atoms with E-state index in [0.29, 0.717) is 0 Å². The highest BCUT2D eigenvalue weighted by Gasteiger charge is 2.11. The van der Waals surface area contributed by atoms with Crippen LogP contribution in [0.15, 0.2) is 60.7 Å². The van der Waals surface area contributed by atoms with Gasteiger partial charge in [0.05, 0.1) is 5.71 Å². The van der Waals surface area contributed by atoms with Gasteiger partial charge in [-0.05, 0) is 72.7 Å². The third kappa shape index (κ3) is 11.5. The molecule has 1 rings (SSSR count). The Hall–Kier alpha value is -0.470. The Morgan fingerprint density at radius 1 is 1.11 bits per heavy atom. The summed E-state index contributed by atoms with van der Waals surface area (Å²) in [6.45, 7) is 4.05. The van der Waals surface area contributed by atoms with E-state index in [1.54, 1.807) is 0 Å². The number of thioether (sulfide) groups is 1. The first-order valence-corrected chi connectivity index (χ1v) is 11.9. The first kappa shape index (κ1) is 25.6. The summed E-state index contributed by atoms with van der Waals surface area (Å²) in [6.07, 6.45) is 17.0. The SMILES string of the molecule is CNN/N=C(\C)C1=C(SC/C=C(\S)CC/C=C(\S)CC/C=C(/C)S)C=CCC1. The van der Waals surface area contributed by atoms with Gasteiger partial charge in [-0.15, -0.1) is 49.6 Å². The molecule has 0 fully saturated rings. The van der Waals surface area contributed by atoms with Crippen molar-refractivity contribution >= 4 is 55.4 Å². The first-order chi connectivity index (χ1) is 13.4. The van der Waals surface area contributed by atoms with Crippen molar-refractivity contribution in [1.29, 1.82) is 0 Å². The molecule has 0 unspecified atom stereocenters. The number of thiol groups is 3. The van der Waals surface area contributed by atoms with E-state index in [0.717, 1.165) is 64.7 Å². The predicted molar refractivity (Wildman–Crippen MR) is 139 cm³/mol. The molecule has 0 saturated carbocycles. The van der Waals surface area contributed by atoms with Gasteiger partial charge in [-0.25, -0.2) is 11.0 Å². The molecule has 7 heteroatoms. The summed E-state index contributed by atoms with van der Waals surface area (Å²) in [4.78, 5) is 4.62. The maximum absolute atomic E-state index is 4.63. The van der Waals surface area contributed by atoms with E-state index < -0.39 is 0 Å². The van der Waals surface area contributed by atoms with Gasteiger partial charge in [0.15, 0.2) is 0 Å². The molecule has 0 bridgehead atoms. The van der Waals surface area contributed by atoms with E-state index in [1.165, 1.54) is 10.5 Å². The standard InChI is InChI=1S/C21H33N3S4/c1-16(25)8-6-9-18(26)10-7-11-19(27)14-15-28-21-13-5-4-12-20(21)17(2)23-24-22-3/h5,8,10,13-14,22,24-27H,4,6-7,9,11-12,15H2,1-3H3/b16-8-,18-10-,19-14-,23-17+. The Labute approximate surface area is 191 Å². The van der Waals surface area contributed by atoms with Crippen LogP contribution in [0.25, 0.3) is 0 Å². The molecule has 0 heterocycles. The number of allylic oxidation sites excluding steroid dienone is 8. The average Bonchev–Trinajstić information content (AvgIpc) is 2.66. The van der Waals surface area contributed by atoms with E-state index in [9.17, 15) is 0 Å². The van der Waals surface area contributed by atoms with Gasteiger partial charge in [0, 0.05) is 17.7 Å². The zero-order valence-electron chi connectivity index (χ0n) is 17.0. The Morgan fingerprint density at radius 2 is 1.79 bits per heavy atom. The molecule has 3 nitrogen and oxygen atoms in total. The Kier molecular flexibility index (Phi) is 14.0. The van der Waals surface area contributed by atoms with Crippen LogP contribution in [0.5, 0.6) is 0 Å². The molecule has 2 N–H and O–H groups in total. The van der Waals surface area contributed by atoms with Crippen LogP contribution in [0.1, 0.15) is 52.4 Å². The Bertz CT molecular complexity index is 669. The zero-order valence-corrected chi connectivity index (χ0v) is 20.5. The van der Waals surface area contributed by atoms with Gasteiger partial charge in [0.2, 0.25) is 0 Å². The Morgan fingerprint density at radius 3 is 2.46 bits per heavy atom. The highest BCUT2D eigenvalue weighted by atomic mass is 32.2. The van der Waals surface area contributed by atoms with Crippen molar-refractivity contribution in [3.8, 4) is 0 Å². The smallest absolute Gasteiger partial charge is 0.0630 e. The second kappa shape index (κ2) is 15.4. The van der Waals surface area contributed by atoms with Crippen molar-refractivity contribution in [2.75, 3.05) is 12.8 Å². The van der Waals surface area contributed by atoms with Crippen molar-refractivity contribution in [1.82, 2.24) is 11.0 Å². The van der Waals surface area contributed by atoms with Gasteiger partial charge in [-0.3, -0.25) is 0 Å². The second-order valence-electron chi connectivity index (χ2n) is 6.47. The molecule has 0 amide bonds. The number of hydrazine groups is 1. The summed E-state index contributed by atoms with van der Waals surface area (Å²) in [5.41, 5.74) is 8.00. The fourth-order valence-electron chi connectivity index (χ4n) is 2.59. The quantitative estimate of drug-likeness (QED) is 0.133. The minimum Gasteiger partial charge on any atom is -0.243 e. The van der Waals surface area contributed by atoms with E-state index in [2.05, 4.69) is 84.3 Å². The summed E-state index contributed by atoms with van der Waals surface area (Å²) in [6, 6.07) is 0. The molecule has 0 radical (unpaired) electrons. The summed E-state index contributed by atoms with van der Waals surface area (Å²) >= 11 is 15.3. The number of hydrazone groups is 1. The zero-order chi connectivity index (χ0) is 20.8. The van der Waals surface area contributed by atoms with E-state index in [1.807, 2.05) is 32.7 Å². The van der Waals surface area contributed by atoms with E-state index in [-0.39, 0.29) is 0 Å². The molecule has 1 aliphatic carbocycles. The maximum Gasteiger partial charge on any atom is 0.0630 e. The largest absolute Gasteiger partial charge is 0.243 e. The van der Waals surface area contributed by atoms with Crippen molar-refractivity contribution in [2.24, 2.45) is 5.10 Å². The molecular formula is C21H33N3S4. The third-order valence-corrected chi connectivity index (χ3v) is 6.10. The van der Waals surface area contributed by atoms with Crippen LogP contribution >= 0.6 is 49.6 Å². The minimum absolute atomic E-state index is 0.915. The molecule has 0 spiro atoms. The molecule has 0 aromatic rings. The van der Waals surface area contributed by atoms with Crippen molar-refractivity contribution in [3.63, 3.8) is 0 Å². The van der Waals surface area contributed by atoms with Crippen LogP contribution in [0.2, 0.25) is 0 Å². The first-order valence-electron chi connectivity index (χ1n) is 9.54. The topological polar surface area (TPSA) is 36.4 Å². The minimum atomic E-state index is 0.915. The monoisotopic (exact) mass is 455 g/mol. The van der Waals surface area contributed by atoms with Crippen molar-refractivity contribution in [2.45, 2.75) is 52.4 Å². The lowest BCUT2D eigenvalue weighted by molar-refractivity contribution is 0.632. The predicted octanol–water partition coefficient (Wildman–Crippen LogP) is 6.45. The van der Waals surface area contributed by atoms with Crippen LogP contribution in [-0.2, 0) is 0 Å². The number of nitrogens with zero attached hydrogens (tertiary/aromatic N) is 1. The van der Waals surface area contributed by atoms with E-state index >= 15 is 0 Å². The molecule has 0 atom stereocenters. The average molecular weight is 456 g/mol. The number of hydrogen-bond acceptors (Lipinski definition) is 7. The fraction of sp³-hybridized carbons (Fsp3) is 0.476. The van der Waals surface area contributed by atoms with Gasteiger partial charge in [0.1, 0.15) is 0 Å². The normalized spacial score (nSPS) is 16.8.